The molecule has 3 rings (SSSR count). The van der Waals surface area contributed by atoms with Crippen molar-refractivity contribution in [1.82, 2.24) is 14.0 Å². The minimum absolute atomic E-state index is 0. The van der Waals surface area contributed by atoms with Gasteiger partial charge in [-0.05, 0) is 42.5 Å². The van der Waals surface area contributed by atoms with E-state index in [4.69, 9.17) is 26.1 Å². The number of methoxy groups -OCH3 is 1. The van der Waals surface area contributed by atoms with Crippen molar-refractivity contribution in [2.45, 2.75) is 4.90 Å². The Kier molecular flexibility index (Phi) is 9.46. The molecule has 0 saturated heterocycles. The van der Waals surface area contributed by atoms with Gasteiger partial charge in [-0.2, -0.15) is 0 Å². The third-order valence-electron chi connectivity index (χ3n) is 3.81. The molecule has 1 aromatic heterocycles. The molecule has 0 aliphatic heterocycles. The van der Waals surface area contributed by atoms with E-state index in [0.717, 1.165) is 12.1 Å². The summed E-state index contributed by atoms with van der Waals surface area (Å²) in [5, 5.41) is 0.0921. The number of aromatic nitrogens is 2. The van der Waals surface area contributed by atoms with Crippen LogP contribution in [0.3, 0.4) is 0 Å². The molecule has 0 unspecified atom stereocenters. The Morgan fingerprint density at radius 1 is 1.19 bits per heavy atom. The summed E-state index contributed by atoms with van der Waals surface area (Å²) >= 11 is 6.15. The van der Waals surface area contributed by atoms with Crippen molar-refractivity contribution < 1.29 is 61.5 Å². The smallest absolute Gasteiger partial charge is 0.494 e. The monoisotopic (exact) mass is 499 g/mol. The molecule has 0 aliphatic carbocycles. The predicted molar refractivity (Wildman–Crippen MR) is 109 cm³/mol. The Bertz CT molecular complexity index is 1220. The van der Waals surface area contributed by atoms with E-state index in [1.807, 2.05) is 0 Å². The first-order valence-electron chi connectivity index (χ1n) is 7.78. The van der Waals surface area contributed by atoms with Crippen LogP contribution in [-0.4, -0.2) is 34.9 Å². The van der Waals surface area contributed by atoms with Crippen molar-refractivity contribution >= 4 is 29.4 Å². The summed E-state index contributed by atoms with van der Waals surface area (Å²) in [4.78, 5) is 21.3. The van der Waals surface area contributed by atoms with Gasteiger partial charge in [0.15, 0.2) is 16.7 Å². The number of sulfonamides is 1. The number of benzene rings is 2. The fourth-order valence-electron chi connectivity index (χ4n) is 2.59. The van der Waals surface area contributed by atoms with E-state index >= 15 is 0 Å². The zero-order chi connectivity index (χ0) is 21.4. The molecule has 162 valence electrons. The van der Waals surface area contributed by atoms with Gasteiger partial charge in [0.25, 0.3) is 0 Å². The van der Waals surface area contributed by atoms with Crippen LogP contribution in [0.4, 0.5) is 4.39 Å². The van der Waals surface area contributed by atoms with Crippen LogP contribution in [0.1, 0.15) is 0 Å². The van der Waals surface area contributed by atoms with Gasteiger partial charge in [-0.25, -0.2) is 22.4 Å². The van der Waals surface area contributed by atoms with Gasteiger partial charge in [0.1, 0.15) is 6.33 Å². The summed E-state index contributed by atoms with van der Waals surface area (Å²) in [6.07, 6.45) is 1.37. The molecule has 0 amide bonds. The number of hydrogen-bond acceptors (Lipinski definition) is 5. The van der Waals surface area contributed by atoms with E-state index in [1.54, 1.807) is 6.07 Å². The van der Waals surface area contributed by atoms with Crippen molar-refractivity contribution in [1.29, 1.82) is 0 Å². The van der Waals surface area contributed by atoms with Crippen molar-refractivity contribution in [3.63, 3.8) is 0 Å². The molecule has 14 heteroatoms. The molecule has 3 aromatic rings. The van der Waals surface area contributed by atoms with Gasteiger partial charge in [-0.15, -0.1) is 4.49 Å². The molecule has 3 N–H and O–H groups in total. The summed E-state index contributed by atoms with van der Waals surface area (Å²) < 4.78 is 56.7. The van der Waals surface area contributed by atoms with Gasteiger partial charge in [0, 0.05) is 11.3 Å². The molecule has 31 heavy (non-hydrogen) atoms. The minimum Gasteiger partial charge on any atom is -0.494 e. The zero-order valence-corrected chi connectivity index (χ0v) is 21.1. The maximum Gasteiger partial charge on any atom is 1.00 e. The van der Waals surface area contributed by atoms with E-state index in [0.29, 0.717) is 16.9 Å². The second-order valence-corrected chi connectivity index (χ2v) is 9.39. The van der Waals surface area contributed by atoms with Gasteiger partial charge < -0.3 is 22.0 Å². The largest absolute Gasteiger partial charge is 1.00 e. The first-order chi connectivity index (χ1) is 13.5. The zero-order valence-electron chi connectivity index (χ0n) is 16.7. The van der Waals surface area contributed by atoms with Crippen LogP contribution >= 0.6 is 19.3 Å². The SMILES string of the molecule is COc1ccc(-c2c(Cl)ncn2-c2ccc(S(=O)(=O)NP(=O)(O)O)cc2)cc1F.[CH3-].[Na+]. The summed E-state index contributed by atoms with van der Waals surface area (Å²) in [5.74, 6) is -0.540. The number of halogens is 2. The topological polar surface area (TPSA) is 131 Å². The van der Waals surface area contributed by atoms with Crippen molar-refractivity contribution in [3.8, 4) is 22.7 Å². The minimum atomic E-state index is -5.00. The second kappa shape index (κ2) is 10.6. The number of nitrogens with zero attached hydrogens (tertiary/aromatic N) is 2. The van der Waals surface area contributed by atoms with Crippen LogP contribution in [0, 0.1) is 13.2 Å². The Morgan fingerprint density at radius 2 is 1.81 bits per heavy atom. The fraction of sp³-hybridized carbons (Fsp3) is 0.0588. The van der Waals surface area contributed by atoms with E-state index in [1.165, 1.54) is 46.8 Å². The molecule has 0 saturated carbocycles. The van der Waals surface area contributed by atoms with Crippen LogP contribution in [-0.2, 0) is 14.6 Å². The summed E-state index contributed by atoms with van der Waals surface area (Å²) in [6.45, 7) is 0. The summed E-state index contributed by atoms with van der Waals surface area (Å²) in [7, 11) is -8.07. The number of imidazole rings is 1. The maximum absolute atomic E-state index is 14.1. The van der Waals surface area contributed by atoms with Crippen LogP contribution in [0.15, 0.2) is 53.7 Å². The Balaban J connectivity index is 0.00000240. The Morgan fingerprint density at radius 3 is 2.32 bits per heavy atom. The quantitative estimate of drug-likeness (QED) is 0.250. The molecule has 9 nitrogen and oxygen atoms in total. The molecule has 0 spiro atoms. The van der Waals surface area contributed by atoms with Gasteiger partial charge in [-0.3, -0.25) is 4.57 Å². The molecule has 0 aliphatic rings. The average Bonchev–Trinajstić information content (AvgIpc) is 3.01. The molecule has 0 atom stereocenters. The second-order valence-electron chi connectivity index (χ2n) is 5.74. The molecule has 1 heterocycles. The van der Waals surface area contributed by atoms with Gasteiger partial charge in [0.05, 0.1) is 17.7 Å². The van der Waals surface area contributed by atoms with Gasteiger partial charge in [0.2, 0.25) is 10.0 Å². The first-order valence-corrected chi connectivity index (χ1v) is 11.3. The van der Waals surface area contributed by atoms with Crippen molar-refractivity contribution in [2.24, 2.45) is 0 Å². The standard InChI is InChI=1S/C16H14ClFN3O6PS.CH3.Na/c1-27-14-7-2-10(8-13(14)18)15-16(17)19-9-21(15)11-3-5-12(6-4-11)29(25,26)20-28(22,23)24;;/h2-9H,1H3,(H3,20,22,23,24);1H3;/q;-1;+1. The maximum atomic E-state index is 14.1. The van der Waals surface area contributed by atoms with Crippen LogP contribution in [0.5, 0.6) is 5.75 Å². The van der Waals surface area contributed by atoms with Crippen molar-refractivity contribution in [2.75, 3.05) is 7.11 Å². The van der Waals surface area contributed by atoms with Crippen LogP contribution in [0.25, 0.3) is 16.9 Å². The van der Waals surface area contributed by atoms with E-state index in [2.05, 4.69) is 4.98 Å². The van der Waals surface area contributed by atoms with Gasteiger partial charge >= 0.3 is 37.3 Å². The molecular weight excluding hydrogens is 483 g/mol. The normalized spacial score (nSPS) is 11.4. The molecule has 2 aromatic carbocycles. The number of nitrogens with one attached hydrogen (secondary N) is 1. The molecular formula is C17H17ClFN3NaO6PS. The Labute approximate surface area is 205 Å². The number of rotatable bonds is 6. The fourth-order valence-corrected chi connectivity index (χ4v) is 5.00. The molecule has 0 fully saturated rings. The van der Waals surface area contributed by atoms with Crippen molar-refractivity contribution in [3.05, 3.63) is 67.2 Å². The third kappa shape index (κ3) is 6.38. The van der Waals surface area contributed by atoms with E-state index < -0.39 is 23.6 Å². The van der Waals surface area contributed by atoms with Crippen LogP contribution in [0.2, 0.25) is 5.15 Å². The number of ether oxygens (including phenoxy) is 1. The van der Waals surface area contributed by atoms with E-state index in [-0.39, 0.29) is 52.8 Å². The van der Waals surface area contributed by atoms with Crippen LogP contribution < -0.4 is 38.8 Å². The van der Waals surface area contributed by atoms with E-state index in [9.17, 15) is 17.4 Å². The number of hydrogen-bond donors (Lipinski definition) is 3. The third-order valence-corrected chi connectivity index (χ3v) is 6.89. The average molecular weight is 500 g/mol. The summed E-state index contributed by atoms with van der Waals surface area (Å²) in [6, 6.07) is 9.32. The first kappa shape index (κ1) is 27.8. The van der Waals surface area contributed by atoms with Gasteiger partial charge in [-0.1, -0.05) is 11.6 Å². The Hall–Kier alpha value is -1.27. The summed E-state index contributed by atoms with van der Waals surface area (Å²) in [5.41, 5.74) is 1.20. The molecule has 0 radical (unpaired) electrons. The molecule has 0 bridgehead atoms. The predicted octanol–water partition coefficient (Wildman–Crippen LogP) is 0.166.